The van der Waals surface area contributed by atoms with E-state index in [1.807, 2.05) is 0 Å². The van der Waals surface area contributed by atoms with E-state index < -0.39 is 97.5 Å². The first-order valence-electron chi connectivity index (χ1n) is 41.9. The molecule has 19 heteroatoms. The summed E-state index contributed by atoms with van der Waals surface area (Å²) >= 11 is 0. The van der Waals surface area contributed by atoms with Gasteiger partial charge in [0.1, 0.15) is 19.3 Å². The number of unbranched alkanes of at least 4 members (excludes halogenated alkanes) is 46. The molecule has 0 rings (SSSR count). The number of aliphatic hydroxyl groups is 1. The van der Waals surface area contributed by atoms with Crippen molar-refractivity contribution in [1.82, 2.24) is 0 Å². The molecule has 0 aliphatic rings. The van der Waals surface area contributed by atoms with Crippen LogP contribution in [0, 0.1) is 17.8 Å². The summed E-state index contributed by atoms with van der Waals surface area (Å²) < 4.78 is 68.8. The molecule has 17 nitrogen and oxygen atoms in total. The Labute approximate surface area is 613 Å². The summed E-state index contributed by atoms with van der Waals surface area (Å²) in [6.45, 7) is 12.0. The molecule has 3 unspecified atom stereocenters. The maximum Gasteiger partial charge on any atom is 0.472 e. The fourth-order valence-corrected chi connectivity index (χ4v) is 14.0. The normalized spacial score (nSPS) is 14.2. The molecule has 0 aliphatic heterocycles. The summed E-state index contributed by atoms with van der Waals surface area (Å²) in [5.41, 5.74) is 0. The zero-order chi connectivity index (χ0) is 73.7. The highest BCUT2D eigenvalue weighted by Gasteiger charge is 2.30. The molecule has 0 amide bonds. The molecule has 0 saturated carbocycles. The van der Waals surface area contributed by atoms with Crippen LogP contribution in [-0.2, 0) is 65.4 Å². The van der Waals surface area contributed by atoms with Crippen molar-refractivity contribution >= 4 is 39.5 Å². The Hall–Kier alpha value is -1.94. The quantitative estimate of drug-likeness (QED) is 0.0222. The van der Waals surface area contributed by atoms with Crippen LogP contribution in [0.2, 0.25) is 0 Å². The van der Waals surface area contributed by atoms with Crippen LogP contribution in [0.5, 0.6) is 0 Å². The number of aliphatic hydroxyl groups excluding tert-OH is 1. The summed E-state index contributed by atoms with van der Waals surface area (Å²) in [5, 5.41) is 10.6. The van der Waals surface area contributed by atoms with E-state index in [0.717, 1.165) is 108 Å². The Morgan fingerprint density at radius 1 is 0.290 bits per heavy atom. The highest BCUT2D eigenvalue weighted by Crippen LogP contribution is 2.45. The van der Waals surface area contributed by atoms with Gasteiger partial charge in [-0.05, 0) is 43.4 Å². The number of hydrogen-bond donors (Lipinski definition) is 3. The number of ether oxygens (including phenoxy) is 4. The second-order valence-corrected chi connectivity index (χ2v) is 33.3. The van der Waals surface area contributed by atoms with E-state index in [2.05, 4.69) is 48.5 Å². The monoisotopic (exact) mass is 1470 g/mol. The highest BCUT2D eigenvalue weighted by molar-refractivity contribution is 7.47. The molecule has 3 N–H and O–H groups in total. The number of esters is 4. The lowest BCUT2D eigenvalue weighted by Crippen LogP contribution is -2.30. The molecule has 594 valence electrons. The fourth-order valence-electron chi connectivity index (χ4n) is 12.5. The van der Waals surface area contributed by atoms with Crippen molar-refractivity contribution in [3.05, 3.63) is 0 Å². The minimum atomic E-state index is -4.96. The molecule has 100 heavy (non-hydrogen) atoms. The van der Waals surface area contributed by atoms with Crippen LogP contribution in [0.3, 0.4) is 0 Å². The maximum atomic E-state index is 13.1. The van der Waals surface area contributed by atoms with E-state index in [0.29, 0.717) is 25.7 Å². The molecule has 0 saturated heterocycles. The van der Waals surface area contributed by atoms with Crippen molar-refractivity contribution in [2.45, 2.75) is 439 Å². The van der Waals surface area contributed by atoms with Gasteiger partial charge in [-0.2, -0.15) is 0 Å². The standard InChI is InChI=1S/C81H158O17P2/c1-8-10-11-12-13-14-15-16-17-18-22-28-33-41-48-55-62-78(83)91-68-76(97-80(85)64-57-50-43-34-29-23-20-19-21-26-31-38-45-52-59-72(3)4)70-95-99(87,88)93-66-75(82)67-94-100(89,90)96-71-77(69-92-79(84)63-56-49-42-37-36-40-47-54-61-74(7)9-2)98-81(86)65-58-51-44-35-30-25-24-27-32-39-46-53-60-73(5)6/h72-77,82H,8-71H2,1-7H3,(H,87,88)(H,89,90)/t74?,75-,76-,77-/m1/s1. The summed E-state index contributed by atoms with van der Waals surface area (Å²) in [6.07, 6.45) is 59.5. The van der Waals surface area contributed by atoms with Crippen LogP contribution >= 0.6 is 15.6 Å². The van der Waals surface area contributed by atoms with Crippen molar-refractivity contribution in [2.24, 2.45) is 17.8 Å². The van der Waals surface area contributed by atoms with Gasteiger partial charge in [-0.1, -0.05) is 370 Å². The number of phosphoric acid groups is 2. The third-order valence-electron chi connectivity index (χ3n) is 19.2. The van der Waals surface area contributed by atoms with Gasteiger partial charge in [0.2, 0.25) is 0 Å². The van der Waals surface area contributed by atoms with E-state index in [-0.39, 0.29) is 25.7 Å². The Kier molecular flexibility index (Phi) is 69.9. The Morgan fingerprint density at radius 2 is 0.510 bits per heavy atom. The van der Waals surface area contributed by atoms with E-state index in [1.54, 1.807) is 0 Å². The zero-order valence-electron chi connectivity index (χ0n) is 65.7. The molecule has 0 aromatic heterocycles. The van der Waals surface area contributed by atoms with E-state index in [4.69, 9.17) is 37.0 Å². The van der Waals surface area contributed by atoms with Crippen LogP contribution in [-0.4, -0.2) is 96.7 Å². The minimum absolute atomic E-state index is 0.106. The van der Waals surface area contributed by atoms with Crippen molar-refractivity contribution in [2.75, 3.05) is 39.6 Å². The minimum Gasteiger partial charge on any atom is -0.462 e. The summed E-state index contributed by atoms with van der Waals surface area (Å²) in [4.78, 5) is 73.1. The fraction of sp³-hybridized carbons (Fsp3) is 0.951. The predicted molar refractivity (Wildman–Crippen MR) is 409 cm³/mol. The van der Waals surface area contributed by atoms with E-state index >= 15 is 0 Å². The van der Waals surface area contributed by atoms with Gasteiger partial charge in [0.15, 0.2) is 12.2 Å². The SMILES string of the molecule is CCCCCCCCCCCCCCCCCCC(=O)OC[C@H](COP(=O)(O)OC[C@@H](O)COP(=O)(O)OC[C@@H](COC(=O)CCCCCCCCCCC(C)CC)OC(=O)CCCCCCCCCCCCCCC(C)C)OC(=O)CCCCCCCCCCCCCCCCC(C)C. The molecule has 0 fully saturated rings. The van der Waals surface area contributed by atoms with Gasteiger partial charge in [-0.25, -0.2) is 9.13 Å². The molecule has 0 aromatic rings. The number of carbonyl (C=O) groups is 4. The molecule has 0 aliphatic carbocycles. The summed E-state index contributed by atoms with van der Waals surface area (Å²) in [5.74, 6) is 0.240. The molecule has 0 bridgehead atoms. The molecule has 0 aromatic carbocycles. The highest BCUT2D eigenvalue weighted by atomic mass is 31.2. The second-order valence-electron chi connectivity index (χ2n) is 30.4. The first-order valence-corrected chi connectivity index (χ1v) is 44.9. The van der Waals surface area contributed by atoms with Crippen molar-refractivity contribution < 1.29 is 80.2 Å². The number of rotatable bonds is 79. The van der Waals surface area contributed by atoms with Gasteiger partial charge in [0.05, 0.1) is 26.4 Å². The van der Waals surface area contributed by atoms with Crippen molar-refractivity contribution in [3.63, 3.8) is 0 Å². The number of carbonyl (C=O) groups excluding carboxylic acids is 4. The van der Waals surface area contributed by atoms with Crippen LogP contribution in [0.1, 0.15) is 421 Å². The maximum absolute atomic E-state index is 13.1. The average molecular weight is 1470 g/mol. The second kappa shape index (κ2) is 71.3. The number of phosphoric ester groups is 2. The van der Waals surface area contributed by atoms with Crippen molar-refractivity contribution in [3.8, 4) is 0 Å². The summed E-state index contributed by atoms with van der Waals surface area (Å²) in [6, 6.07) is 0. The molecule has 6 atom stereocenters. The Bertz CT molecular complexity index is 1940. The van der Waals surface area contributed by atoms with Crippen LogP contribution < -0.4 is 0 Å². The van der Waals surface area contributed by atoms with Gasteiger partial charge in [-0.3, -0.25) is 37.3 Å². The third kappa shape index (κ3) is 73.0. The van der Waals surface area contributed by atoms with Crippen molar-refractivity contribution in [1.29, 1.82) is 0 Å². The molecular weight excluding hydrogens is 1310 g/mol. The van der Waals surface area contributed by atoms with Crippen LogP contribution in [0.4, 0.5) is 0 Å². The van der Waals surface area contributed by atoms with Crippen LogP contribution in [0.25, 0.3) is 0 Å². The average Bonchev–Trinajstić information content (AvgIpc) is 0.933. The first kappa shape index (κ1) is 98.1. The largest absolute Gasteiger partial charge is 0.472 e. The summed E-state index contributed by atoms with van der Waals surface area (Å²) in [7, 11) is -9.92. The lowest BCUT2D eigenvalue weighted by Gasteiger charge is -2.21. The van der Waals surface area contributed by atoms with Gasteiger partial charge in [-0.15, -0.1) is 0 Å². The molecule has 0 heterocycles. The van der Waals surface area contributed by atoms with Gasteiger partial charge in [0.25, 0.3) is 0 Å². The lowest BCUT2D eigenvalue weighted by molar-refractivity contribution is -0.161. The first-order chi connectivity index (χ1) is 48.3. The molecular formula is C81H158O17P2. The Balaban J connectivity index is 5.27. The smallest absolute Gasteiger partial charge is 0.462 e. The zero-order valence-corrected chi connectivity index (χ0v) is 67.5. The number of hydrogen-bond acceptors (Lipinski definition) is 15. The topological polar surface area (TPSA) is 237 Å². The van der Waals surface area contributed by atoms with E-state index in [1.165, 1.54) is 231 Å². The van der Waals surface area contributed by atoms with Crippen LogP contribution in [0.15, 0.2) is 0 Å². The predicted octanol–water partition coefficient (Wildman–Crippen LogP) is 24.1. The van der Waals surface area contributed by atoms with Gasteiger partial charge >= 0.3 is 39.5 Å². The lowest BCUT2D eigenvalue weighted by atomic mass is 9.99. The van der Waals surface area contributed by atoms with Gasteiger partial charge in [0, 0.05) is 25.7 Å². The van der Waals surface area contributed by atoms with Gasteiger partial charge < -0.3 is 33.8 Å². The molecule has 0 spiro atoms. The third-order valence-corrected chi connectivity index (χ3v) is 21.1. The Morgan fingerprint density at radius 3 is 0.760 bits per heavy atom. The van der Waals surface area contributed by atoms with E-state index in [9.17, 15) is 43.2 Å². The molecule has 0 radical (unpaired) electrons.